The van der Waals surface area contributed by atoms with E-state index in [0.29, 0.717) is 0 Å². The monoisotopic (exact) mass is 192 g/mol. The van der Waals surface area contributed by atoms with Gasteiger partial charge in [-0.3, -0.25) is 0 Å². The van der Waals surface area contributed by atoms with Gasteiger partial charge in [-0.05, 0) is 43.5 Å². The van der Waals surface area contributed by atoms with Gasteiger partial charge >= 0.3 is 0 Å². The van der Waals surface area contributed by atoms with Crippen LogP contribution in [0.25, 0.3) is 0 Å². The van der Waals surface area contributed by atoms with Crippen LogP contribution >= 0.6 is 0 Å². The van der Waals surface area contributed by atoms with Crippen molar-refractivity contribution in [2.24, 2.45) is 5.73 Å². The van der Waals surface area contributed by atoms with Crippen LogP contribution in [0, 0.1) is 0 Å². The highest BCUT2D eigenvalue weighted by atomic mass is 16.5. The van der Waals surface area contributed by atoms with E-state index in [1.807, 2.05) is 24.3 Å². The first kappa shape index (κ1) is 9.34. The molecule has 0 aliphatic heterocycles. The van der Waals surface area contributed by atoms with Gasteiger partial charge in [-0.25, -0.2) is 0 Å². The molecule has 1 aromatic carbocycles. The number of rotatable bonds is 2. The van der Waals surface area contributed by atoms with Crippen molar-refractivity contribution in [3.8, 4) is 5.75 Å². The van der Waals surface area contributed by atoms with Crippen LogP contribution in [0.5, 0.6) is 5.75 Å². The zero-order valence-electron chi connectivity index (χ0n) is 8.15. The van der Waals surface area contributed by atoms with Crippen molar-refractivity contribution < 1.29 is 4.74 Å². The summed E-state index contributed by atoms with van der Waals surface area (Å²) in [5, 5.41) is 0. The average molecular weight is 192 g/mol. The summed E-state index contributed by atoms with van der Waals surface area (Å²) >= 11 is 0. The van der Waals surface area contributed by atoms with Gasteiger partial charge in [-0.15, -0.1) is 0 Å². The van der Waals surface area contributed by atoms with Gasteiger partial charge < -0.3 is 16.2 Å². The number of ether oxygens (including phenoxy) is 1. The van der Waals surface area contributed by atoms with Crippen molar-refractivity contribution in [2.45, 2.75) is 31.4 Å². The third-order valence-electron chi connectivity index (χ3n) is 2.67. The van der Waals surface area contributed by atoms with Gasteiger partial charge in [0.15, 0.2) is 0 Å². The third-order valence-corrected chi connectivity index (χ3v) is 2.67. The molecular formula is C11H16N2O. The molecular weight excluding hydrogens is 176 g/mol. The van der Waals surface area contributed by atoms with E-state index in [1.54, 1.807) is 0 Å². The van der Waals surface area contributed by atoms with Crippen molar-refractivity contribution in [2.75, 3.05) is 5.73 Å². The summed E-state index contributed by atoms with van der Waals surface area (Å²) in [7, 11) is 0. The molecule has 0 saturated heterocycles. The Morgan fingerprint density at radius 2 is 1.86 bits per heavy atom. The van der Waals surface area contributed by atoms with Gasteiger partial charge in [0.05, 0.1) is 0 Å². The van der Waals surface area contributed by atoms with E-state index in [-0.39, 0.29) is 12.1 Å². The van der Waals surface area contributed by atoms with Crippen LogP contribution in [0.3, 0.4) is 0 Å². The molecule has 3 heteroatoms. The topological polar surface area (TPSA) is 61.3 Å². The highest BCUT2D eigenvalue weighted by molar-refractivity contribution is 5.41. The molecule has 0 spiro atoms. The molecule has 1 saturated carbocycles. The molecule has 2 rings (SSSR count). The van der Waals surface area contributed by atoms with Gasteiger partial charge in [0, 0.05) is 11.7 Å². The summed E-state index contributed by atoms with van der Waals surface area (Å²) in [6, 6.07) is 7.65. The molecule has 2 atom stereocenters. The highest BCUT2D eigenvalue weighted by Gasteiger charge is 2.25. The van der Waals surface area contributed by atoms with Crippen molar-refractivity contribution >= 4 is 5.69 Å². The van der Waals surface area contributed by atoms with Crippen LogP contribution in [0.1, 0.15) is 19.3 Å². The number of hydrogen-bond donors (Lipinski definition) is 2. The standard InChI is InChI=1S/C11H16N2O/c12-8-4-6-9(7-5-8)14-11-3-1-2-10(11)13/h4-7,10-11H,1-3,12-13H2. The Bertz CT molecular complexity index is 297. The zero-order valence-corrected chi connectivity index (χ0v) is 8.15. The Morgan fingerprint density at radius 1 is 1.14 bits per heavy atom. The maximum absolute atomic E-state index is 5.91. The molecule has 1 fully saturated rings. The minimum atomic E-state index is 0.179. The van der Waals surface area contributed by atoms with Gasteiger partial charge in [0.1, 0.15) is 11.9 Å². The molecule has 0 heterocycles. The molecule has 3 nitrogen and oxygen atoms in total. The Morgan fingerprint density at radius 3 is 2.43 bits per heavy atom. The van der Waals surface area contributed by atoms with E-state index in [4.69, 9.17) is 16.2 Å². The summed E-state index contributed by atoms with van der Waals surface area (Å²) in [6.07, 6.45) is 3.48. The fraction of sp³-hybridized carbons (Fsp3) is 0.455. The fourth-order valence-electron chi connectivity index (χ4n) is 1.82. The quantitative estimate of drug-likeness (QED) is 0.698. The molecule has 0 amide bonds. The van der Waals surface area contributed by atoms with E-state index in [0.717, 1.165) is 24.3 Å². The Hall–Kier alpha value is -1.22. The van der Waals surface area contributed by atoms with E-state index < -0.39 is 0 Å². The second-order valence-corrected chi connectivity index (χ2v) is 3.82. The lowest BCUT2D eigenvalue weighted by Gasteiger charge is -2.17. The van der Waals surface area contributed by atoms with Crippen LogP contribution in [0.15, 0.2) is 24.3 Å². The summed E-state index contributed by atoms with van der Waals surface area (Å²) in [5.41, 5.74) is 12.2. The van der Waals surface area contributed by atoms with Gasteiger partial charge in [0.2, 0.25) is 0 Å². The molecule has 76 valence electrons. The summed E-state index contributed by atoms with van der Waals surface area (Å²) in [4.78, 5) is 0. The van der Waals surface area contributed by atoms with Gasteiger partial charge in [-0.2, -0.15) is 0 Å². The first-order valence-electron chi connectivity index (χ1n) is 5.03. The van der Waals surface area contributed by atoms with Crippen molar-refractivity contribution in [1.82, 2.24) is 0 Å². The summed E-state index contributed by atoms with van der Waals surface area (Å²) < 4.78 is 5.76. The average Bonchev–Trinajstić information content (AvgIpc) is 2.56. The zero-order chi connectivity index (χ0) is 9.97. The normalized spacial score (nSPS) is 26.4. The highest BCUT2D eigenvalue weighted by Crippen LogP contribution is 2.23. The smallest absolute Gasteiger partial charge is 0.119 e. The van der Waals surface area contributed by atoms with Crippen LogP contribution in [-0.2, 0) is 0 Å². The Kier molecular flexibility index (Phi) is 2.59. The van der Waals surface area contributed by atoms with E-state index >= 15 is 0 Å². The SMILES string of the molecule is Nc1ccc(OC2CCCC2N)cc1. The summed E-state index contributed by atoms with van der Waals surface area (Å²) in [5.74, 6) is 0.863. The molecule has 0 aromatic heterocycles. The molecule has 14 heavy (non-hydrogen) atoms. The maximum atomic E-state index is 5.91. The first-order valence-corrected chi connectivity index (χ1v) is 5.03. The number of nitrogen functional groups attached to an aromatic ring is 1. The summed E-state index contributed by atoms with van der Waals surface area (Å²) in [6.45, 7) is 0. The predicted molar refractivity (Wildman–Crippen MR) is 57.1 cm³/mol. The third kappa shape index (κ3) is 1.99. The van der Waals surface area contributed by atoms with Gasteiger partial charge in [0.25, 0.3) is 0 Å². The van der Waals surface area contributed by atoms with Crippen molar-refractivity contribution in [1.29, 1.82) is 0 Å². The molecule has 4 N–H and O–H groups in total. The van der Waals surface area contributed by atoms with Crippen molar-refractivity contribution in [3.05, 3.63) is 24.3 Å². The van der Waals surface area contributed by atoms with E-state index in [1.165, 1.54) is 6.42 Å². The molecule has 1 aromatic rings. The second-order valence-electron chi connectivity index (χ2n) is 3.82. The van der Waals surface area contributed by atoms with Crippen LogP contribution < -0.4 is 16.2 Å². The predicted octanol–water partition coefficient (Wildman–Crippen LogP) is 1.53. The van der Waals surface area contributed by atoms with Crippen LogP contribution in [0.4, 0.5) is 5.69 Å². The molecule has 1 aliphatic carbocycles. The number of nitrogens with two attached hydrogens (primary N) is 2. The minimum Gasteiger partial charge on any atom is -0.489 e. The number of benzene rings is 1. The Labute approximate surface area is 84.0 Å². The lowest BCUT2D eigenvalue weighted by Crippen LogP contribution is -2.33. The number of hydrogen-bond acceptors (Lipinski definition) is 3. The fourth-order valence-corrected chi connectivity index (χ4v) is 1.82. The largest absolute Gasteiger partial charge is 0.489 e. The van der Waals surface area contributed by atoms with E-state index in [9.17, 15) is 0 Å². The molecule has 0 bridgehead atoms. The maximum Gasteiger partial charge on any atom is 0.119 e. The molecule has 1 aliphatic rings. The molecule has 0 radical (unpaired) electrons. The second kappa shape index (κ2) is 3.88. The minimum absolute atomic E-state index is 0.179. The number of anilines is 1. The Balaban J connectivity index is 2.00. The van der Waals surface area contributed by atoms with Crippen molar-refractivity contribution in [3.63, 3.8) is 0 Å². The first-order chi connectivity index (χ1) is 6.75. The van der Waals surface area contributed by atoms with Gasteiger partial charge in [-0.1, -0.05) is 0 Å². The molecule has 2 unspecified atom stereocenters. The lowest BCUT2D eigenvalue weighted by molar-refractivity contribution is 0.192. The lowest BCUT2D eigenvalue weighted by atomic mass is 10.2. The van der Waals surface area contributed by atoms with E-state index in [2.05, 4.69) is 0 Å². The van der Waals surface area contributed by atoms with Crippen LogP contribution in [-0.4, -0.2) is 12.1 Å². The van der Waals surface area contributed by atoms with Crippen LogP contribution in [0.2, 0.25) is 0 Å².